The quantitative estimate of drug-likeness (QED) is 0.243. The number of aliphatic carboxylic acids is 1. The molecule has 0 radical (unpaired) electrons. The number of ketones is 2. The van der Waals surface area contributed by atoms with Gasteiger partial charge in [0.15, 0.2) is 5.60 Å². The molecule has 1 unspecified atom stereocenters. The molecular formula is C72H111N2O11+. The van der Waals surface area contributed by atoms with Gasteiger partial charge in [-0.2, -0.15) is 9.59 Å². The molecular weight excluding hydrogens is 1070 g/mol. The Balaban J connectivity index is 0.000000189. The monoisotopic (exact) mass is 1180 g/mol. The van der Waals surface area contributed by atoms with E-state index in [2.05, 4.69) is 60.7 Å². The van der Waals surface area contributed by atoms with Crippen molar-refractivity contribution in [2.75, 3.05) is 13.1 Å². The molecule has 4 saturated heterocycles. The summed E-state index contributed by atoms with van der Waals surface area (Å²) in [6, 6.07) is 10.7. The van der Waals surface area contributed by atoms with Crippen LogP contribution in [0.4, 0.5) is 4.79 Å². The summed E-state index contributed by atoms with van der Waals surface area (Å²) in [4.78, 5) is 66.3. The van der Waals surface area contributed by atoms with Crippen LogP contribution in [0.15, 0.2) is 52.6 Å². The number of nitrogens with zero attached hydrogens (tertiary/aromatic N) is 1. The van der Waals surface area contributed by atoms with Crippen molar-refractivity contribution >= 4 is 29.8 Å². The number of benzene rings is 1. The van der Waals surface area contributed by atoms with Gasteiger partial charge in [-0.25, -0.2) is 9.59 Å². The lowest BCUT2D eigenvalue weighted by molar-refractivity contribution is -0.710. The normalized spacial score (nSPS) is 42.6. The van der Waals surface area contributed by atoms with E-state index in [9.17, 15) is 19.2 Å². The first-order valence-electron chi connectivity index (χ1n) is 32.9. The van der Waals surface area contributed by atoms with Crippen LogP contribution >= 0.6 is 0 Å². The van der Waals surface area contributed by atoms with Gasteiger partial charge >= 0.3 is 18.2 Å². The summed E-state index contributed by atoms with van der Waals surface area (Å²) in [6.07, 6.45) is 23.5. The molecule has 13 nitrogen and oxygen atoms in total. The third-order valence-electron chi connectivity index (χ3n) is 25.8. The number of nitrogens with two attached hydrogens (primary N) is 1. The van der Waals surface area contributed by atoms with Crippen LogP contribution in [0.2, 0.25) is 0 Å². The standard InChI is InChI=1S/C36H49NO4.C28H43NO2.C5H10O3.CO2.2CH4/c1-22-16-32-33(37(20-22)34(39)40-21-25-8-6-5-7-9-25)24(3)36(41-32)15-13-28-29-11-10-26-17-27(38)12-14-35(26,4)31(29)18-30(28)23(2)19-36;1-16-11-25-26(29-15-16)18(3)28(31-25)10-8-21-22-6-5-19-12-20(30)7-9-27(19,4)24(22)13-23(21)17(2)14-28;1-3-5(2,8)4(6)7;2-1-3;;/h5-9,22,24,26,28-29,31-33H,10-21H2,1-4H3;16,18-19,21-22,24-26,29H,5-15H2,1-4H3;8H,3H2,1-2H3,(H,6,7);;2*1H4/p+1/t22-,24+,26+,28-,29-,31-,32+,33-,35-,36-;16-,18+,19+,21-,22-,24-,25+,26-,27-,28-;;;;/m00..../s1. The molecule has 6 saturated carbocycles. The predicted octanol–water partition coefficient (Wildman–Crippen LogP) is 13.3. The molecule has 1 aromatic carbocycles. The zero-order chi connectivity index (χ0) is 59.6. The Hall–Kier alpha value is -4.00. The maximum absolute atomic E-state index is 13.5. The van der Waals surface area contributed by atoms with Crippen LogP contribution in [0.3, 0.4) is 0 Å². The van der Waals surface area contributed by atoms with Crippen LogP contribution in [-0.2, 0) is 44.8 Å². The number of allylic oxidation sites excluding steroid dienone is 2. The highest BCUT2D eigenvalue weighted by atomic mass is 16.6. The molecule has 474 valence electrons. The first-order valence-corrected chi connectivity index (χ1v) is 32.9. The predicted molar refractivity (Wildman–Crippen MR) is 328 cm³/mol. The number of carboxylic acids is 1. The topological polar surface area (TPSA) is 190 Å². The molecule has 4 N–H and O–H groups in total. The van der Waals surface area contributed by atoms with Gasteiger partial charge in [0.25, 0.3) is 0 Å². The molecule has 8 aliphatic carbocycles. The summed E-state index contributed by atoms with van der Waals surface area (Å²) in [6.45, 7) is 24.7. The number of quaternary nitrogens is 1. The number of likely N-dealkylation sites (tertiary alicyclic amines) is 1. The third kappa shape index (κ3) is 12.5. The van der Waals surface area contributed by atoms with E-state index in [1.807, 2.05) is 40.8 Å². The number of carbonyl (C=O) groups is 4. The fourth-order valence-electron chi connectivity index (χ4n) is 20.8. The minimum atomic E-state index is -1.54. The van der Waals surface area contributed by atoms with Crippen LogP contribution in [-0.4, -0.2) is 99.1 Å². The van der Waals surface area contributed by atoms with Crippen molar-refractivity contribution in [3.63, 3.8) is 0 Å². The molecule has 1 aromatic rings. The molecule has 12 aliphatic rings. The van der Waals surface area contributed by atoms with Gasteiger partial charge in [-0.15, -0.1) is 0 Å². The smallest absolute Gasteiger partial charge is 0.410 e. The lowest BCUT2D eigenvalue weighted by Gasteiger charge is -2.52. The number of carbonyl (C=O) groups excluding carboxylic acids is 5. The molecule has 1 amide bonds. The summed E-state index contributed by atoms with van der Waals surface area (Å²) < 4.78 is 20.1. The van der Waals surface area contributed by atoms with E-state index in [1.54, 1.807) is 23.6 Å². The Morgan fingerprint density at radius 1 is 0.729 bits per heavy atom. The van der Waals surface area contributed by atoms with E-state index in [1.165, 1.54) is 84.1 Å². The Labute approximate surface area is 510 Å². The highest BCUT2D eigenvalue weighted by molar-refractivity contribution is 5.80. The molecule has 13 heteroatoms. The first-order chi connectivity index (χ1) is 39.4. The molecule has 4 heterocycles. The van der Waals surface area contributed by atoms with Crippen LogP contribution in [0, 0.1) is 81.8 Å². The van der Waals surface area contributed by atoms with Gasteiger partial charge in [-0.3, -0.25) is 9.59 Å². The van der Waals surface area contributed by atoms with E-state index >= 15 is 0 Å². The zero-order valence-electron chi connectivity index (χ0n) is 52.2. The van der Waals surface area contributed by atoms with Crippen molar-refractivity contribution in [1.82, 2.24) is 4.90 Å². The SMILES string of the molecule is C.C.CC1=C2C[C@H]3[C@@H](CC[C@@H]4CC(=O)CC[C@@]43C)[C@@H]2CC[C@@]2(C1)O[C@@H]1C[C@H](C)CN(C(=O)OCc3ccccc3)[C@H]1[C@H]2C.CC1=C2C[C@H]3[C@@H](CC[C@@H]4CC(=O)CC[C@@]43C)[C@@H]2CC[C@@]2(C1)O[C@@H]1C[C@H](C)C[NH2+][C@H]1[C@H]2C.CCC(C)(O)C(=O)O.O=C=O. The van der Waals surface area contributed by atoms with Gasteiger partial charge in [0, 0.05) is 50.0 Å². The van der Waals surface area contributed by atoms with Crippen LogP contribution < -0.4 is 5.32 Å². The van der Waals surface area contributed by atoms with Crippen LogP contribution in [0.1, 0.15) is 224 Å². The van der Waals surface area contributed by atoms with Gasteiger partial charge in [-0.05, 0) is 200 Å². The average molecular weight is 1180 g/mol. The van der Waals surface area contributed by atoms with Gasteiger partial charge in [-0.1, -0.05) is 116 Å². The second kappa shape index (κ2) is 26.2. The fourth-order valence-corrected chi connectivity index (χ4v) is 20.8. The number of amides is 1. The van der Waals surface area contributed by atoms with Crippen molar-refractivity contribution in [2.24, 2.45) is 81.8 Å². The van der Waals surface area contributed by atoms with Crippen molar-refractivity contribution < 1.29 is 58.5 Å². The molecule has 0 aromatic heterocycles. The molecule has 4 aliphatic heterocycles. The minimum absolute atomic E-state index is 0. The number of aliphatic hydroxyl groups is 1. The Morgan fingerprint density at radius 3 is 1.72 bits per heavy atom. The van der Waals surface area contributed by atoms with Crippen molar-refractivity contribution in [3.8, 4) is 0 Å². The van der Waals surface area contributed by atoms with E-state index in [4.69, 9.17) is 34.0 Å². The van der Waals surface area contributed by atoms with E-state index in [0.717, 1.165) is 105 Å². The first kappa shape index (κ1) is 66.9. The number of Topliss-reactive ketones (excluding diaryl/α,β-unsaturated/α-hetero) is 2. The van der Waals surface area contributed by atoms with Crippen molar-refractivity contribution in [3.05, 3.63) is 58.2 Å². The molecule has 21 atom stereocenters. The van der Waals surface area contributed by atoms with Crippen molar-refractivity contribution in [2.45, 2.75) is 267 Å². The maximum atomic E-state index is 13.5. The van der Waals surface area contributed by atoms with Gasteiger partial charge < -0.3 is 34.6 Å². The van der Waals surface area contributed by atoms with Crippen LogP contribution in [0.25, 0.3) is 0 Å². The number of fused-ring (bicyclic) bond motifs is 12. The molecule has 85 heavy (non-hydrogen) atoms. The summed E-state index contributed by atoms with van der Waals surface area (Å²) in [7, 11) is 0. The van der Waals surface area contributed by atoms with Gasteiger partial charge in [0.2, 0.25) is 0 Å². The maximum Gasteiger partial charge on any atom is 0.410 e. The van der Waals surface area contributed by atoms with Crippen LogP contribution in [0.5, 0.6) is 0 Å². The molecule has 0 bridgehead atoms. The second-order valence-electron chi connectivity index (χ2n) is 30.2. The van der Waals surface area contributed by atoms with Gasteiger partial charge in [0.1, 0.15) is 30.3 Å². The highest BCUT2D eigenvalue weighted by Crippen LogP contribution is 2.67. The number of hydrogen-bond acceptors (Lipinski definition) is 10. The van der Waals surface area contributed by atoms with E-state index < -0.39 is 11.6 Å². The summed E-state index contributed by atoms with van der Waals surface area (Å²) >= 11 is 0. The highest BCUT2D eigenvalue weighted by Gasteiger charge is 2.63. The van der Waals surface area contributed by atoms with Crippen molar-refractivity contribution in [1.29, 1.82) is 0 Å². The number of rotatable bonds is 4. The number of carboxylic acid groups (broad SMARTS) is 1. The minimum Gasteiger partial charge on any atom is -0.479 e. The van der Waals surface area contributed by atoms with Gasteiger partial charge in [0.05, 0.1) is 29.9 Å². The summed E-state index contributed by atoms with van der Waals surface area (Å²) in [5.41, 5.74) is 6.91. The molecule has 10 fully saturated rings. The largest absolute Gasteiger partial charge is 0.479 e. The number of hydrogen-bond donors (Lipinski definition) is 3. The average Bonchev–Trinajstić information content (AvgIpc) is 1.77. The number of piperidine rings is 2. The molecule has 2 spiro atoms. The summed E-state index contributed by atoms with van der Waals surface area (Å²) in [5.74, 6) is 7.86. The Morgan fingerprint density at radius 2 is 1.22 bits per heavy atom. The Kier molecular flexibility index (Phi) is 20.6. The Bertz CT molecular complexity index is 2680. The summed E-state index contributed by atoms with van der Waals surface area (Å²) in [5, 5.41) is 19.6. The third-order valence-corrected chi connectivity index (χ3v) is 25.8. The lowest BCUT2D eigenvalue weighted by atomic mass is 9.52. The fraction of sp³-hybridized carbons (Fsp3) is 0.792. The molecule has 13 rings (SSSR count). The number of ether oxygens (including phenoxy) is 3. The van der Waals surface area contributed by atoms with E-state index in [-0.39, 0.29) is 62.8 Å². The van der Waals surface area contributed by atoms with E-state index in [0.29, 0.717) is 70.7 Å². The zero-order valence-corrected chi connectivity index (χ0v) is 52.2. The second-order valence-corrected chi connectivity index (χ2v) is 30.2. The lowest BCUT2D eigenvalue weighted by Crippen LogP contribution is -2.96.